The number of nitrogens with one attached hydrogen (secondary N) is 1. The summed E-state index contributed by atoms with van der Waals surface area (Å²) in [5, 5.41) is 9.83. The fourth-order valence-electron chi connectivity index (χ4n) is 4.24. The van der Waals surface area contributed by atoms with E-state index in [-0.39, 0.29) is 5.56 Å². The van der Waals surface area contributed by atoms with Gasteiger partial charge in [0.15, 0.2) is 0 Å². The van der Waals surface area contributed by atoms with E-state index < -0.39 is 11.8 Å². The summed E-state index contributed by atoms with van der Waals surface area (Å²) in [5.74, 6) is 0.245. The fraction of sp³-hybridized carbons (Fsp3) is 0.154. The third-order valence-electron chi connectivity index (χ3n) is 5.80. The van der Waals surface area contributed by atoms with Crippen LogP contribution >= 0.6 is 0 Å². The Bertz CT molecular complexity index is 1360. The second-order valence-corrected chi connectivity index (χ2v) is 7.69. The minimum absolute atomic E-state index is 0.279. The highest BCUT2D eigenvalue weighted by atomic mass is 16.5. The third kappa shape index (κ3) is 4.18. The second kappa shape index (κ2) is 9.68. The predicted octanol–water partition coefficient (Wildman–Crippen LogP) is 3.92. The Kier molecular flexibility index (Phi) is 6.51. The highest BCUT2D eigenvalue weighted by molar-refractivity contribution is 6.14. The molecule has 0 fully saturated rings. The average molecular weight is 460 g/mol. The van der Waals surface area contributed by atoms with Crippen LogP contribution in [0.2, 0.25) is 0 Å². The molecule has 3 aromatic carbocycles. The highest BCUT2D eigenvalue weighted by Crippen LogP contribution is 2.36. The summed E-state index contributed by atoms with van der Waals surface area (Å²) < 4.78 is 13.0. The van der Waals surface area contributed by atoms with Crippen molar-refractivity contribution in [2.45, 2.75) is 13.5 Å². The van der Waals surface area contributed by atoms with Crippen LogP contribution in [0.15, 0.2) is 66.7 Å². The minimum atomic E-state index is -0.641. The van der Waals surface area contributed by atoms with Gasteiger partial charge in [-0.25, -0.2) is 5.48 Å². The molecule has 4 N–H and O–H groups in total. The molecule has 8 nitrogen and oxygen atoms in total. The molecule has 0 aliphatic heterocycles. The van der Waals surface area contributed by atoms with E-state index in [0.717, 1.165) is 11.3 Å². The number of hydrogen-bond acceptors (Lipinski definition) is 5. The van der Waals surface area contributed by atoms with Crippen molar-refractivity contribution in [2.24, 2.45) is 5.73 Å². The number of primary amides is 1. The number of carbonyl (C=O) groups is 2. The SMILES string of the molecule is COc1ccc(OCCn2c(C)c(C(N)=O)c3c(-c4ccccc4C(=O)NO)cccc32)cc1. The lowest BCUT2D eigenvalue weighted by Crippen LogP contribution is -2.19. The van der Waals surface area contributed by atoms with Gasteiger partial charge in [-0.05, 0) is 54.4 Å². The van der Waals surface area contributed by atoms with Gasteiger partial charge in [0, 0.05) is 22.2 Å². The largest absolute Gasteiger partial charge is 0.497 e. The molecule has 0 aliphatic carbocycles. The van der Waals surface area contributed by atoms with Gasteiger partial charge >= 0.3 is 0 Å². The van der Waals surface area contributed by atoms with Gasteiger partial charge in [0.2, 0.25) is 0 Å². The zero-order valence-corrected chi connectivity index (χ0v) is 18.9. The summed E-state index contributed by atoms with van der Waals surface area (Å²) in [6.45, 7) is 2.68. The van der Waals surface area contributed by atoms with Gasteiger partial charge in [-0.1, -0.05) is 30.3 Å². The third-order valence-corrected chi connectivity index (χ3v) is 5.80. The molecule has 2 amide bonds. The molecule has 4 rings (SSSR count). The normalized spacial score (nSPS) is 10.8. The smallest absolute Gasteiger partial charge is 0.275 e. The maximum absolute atomic E-state index is 12.5. The molecular weight excluding hydrogens is 434 g/mol. The van der Waals surface area contributed by atoms with Crippen molar-refractivity contribution in [2.75, 3.05) is 13.7 Å². The zero-order valence-electron chi connectivity index (χ0n) is 18.9. The van der Waals surface area contributed by atoms with Crippen molar-refractivity contribution < 1.29 is 24.3 Å². The summed E-state index contributed by atoms with van der Waals surface area (Å²) in [7, 11) is 1.61. The fourth-order valence-corrected chi connectivity index (χ4v) is 4.24. The Balaban J connectivity index is 1.76. The van der Waals surface area contributed by atoms with Crippen LogP contribution < -0.4 is 20.7 Å². The molecular formula is C26H25N3O5. The van der Waals surface area contributed by atoms with Crippen LogP contribution in [0.1, 0.15) is 26.4 Å². The maximum atomic E-state index is 12.5. The van der Waals surface area contributed by atoms with Gasteiger partial charge < -0.3 is 19.8 Å². The predicted molar refractivity (Wildman–Crippen MR) is 128 cm³/mol. The quantitative estimate of drug-likeness (QED) is 0.273. The molecule has 0 radical (unpaired) electrons. The molecule has 174 valence electrons. The van der Waals surface area contributed by atoms with Crippen LogP contribution in [-0.4, -0.2) is 35.3 Å². The van der Waals surface area contributed by atoms with Crippen molar-refractivity contribution in [1.82, 2.24) is 10.0 Å². The van der Waals surface area contributed by atoms with Gasteiger partial charge in [0.25, 0.3) is 11.8 Å². The van der Waals surface area contributed by atoms with E-state index in [1.54, 1.807) is 36.9 Å². The van der Waals surface area contributed by atoms with E-state index in [0.29, 0.717) is 46.7 Å². The molecule has 0 saturated carbocycles. The van der Waals surface area contributed by atoms with E-state index in [2.05, 4.69) is 0 Å². The summed E-state index contributed by atoms with van der Waals surface area (Å²) >= 11 is 0. The van der Waals surface area contributed by atoms with Crippen LogP contribution in [-0.2, 0) is 6.54 Å². The van der Waals surface area contributed by atoms with Crippen LogP contribution in [0.3, 0.4) is 0 Å². The van der Waals surface area contributed by atoms with E-state index in [1.807, 2.05) is 54.0 Å². The summed E-state index contributed by atoms with van der Waals surface area (Å²) in [6, 6.07) is 19.8. The van der Waals surface area contributed by atoms with Gasteiger partial charge in [-0.2, -0.15) is 0 Å². The van der Waals surface area contributed by atoms with Crippen molar-refractivity contribution in [3.05, 3.63) is 83.6 Å². The first-order valence-electron chi connectivity index (χ1n) is 10.7. The minimum Gasteiger partial charge on any atom is -0.497 e. The first-order chi connectivity index (χ1) is 16.5. The standard InChI is InChI=1S/C26H25N3O5/c1-16-23(25(27)30)24-20(19-6-3-4-7-21(19)26(31)28-32)8-5-9-22(24)29(16)14-15-34-18-12-10-17(33-2)11-13-18/h3-13,32H,14-15H2,1-2H3,(H2,27,30)(H,28,31). The van der Waals surface area contributed by atoms with Crippen LogP contribution in [0.25, 0.3) is 22.0 Å². The van der Waals surface area contributed by atoms with Crippen molar-refractivity contribution in [3.63, 3.8) is 0 Å². The molecule has 1 heterocycles. The number of nitrogens with zero attached hydrogens (tertiary/aromatic N) is 1. The number of hydrogen-bond donors (Lipinski definition) is 3. The lowest BCUT2D eigenvalue weighted by atomic mass is 9.94. The lowest BCUT2D eigenvalue weighted by Gasteiger charge is -2.12. The molecule has 0 atom stereocenters. The van der Waals surface area contributed by atoms with E-state index in [9.17, 15) is 14.8 Å². The average Bonchev–Trinajstić information content (AvgIpc) is 3.15. The second-order valence-electron chi connectivity index (χ2n) is 7.69. The van der Waals surface area contributed by atoms with E-state index >= 15 is 0 Å². The number of rotatable bonds is 8. The number of aromatic nitrogens is 1. The monoisotopic (exact) mass is 459 g/mol. The summed E-state index contributed by atoms with van der Waals surface area (Å²) in [4.78, 5) is 24.8. The Morgan fingerprint density at radius 2 is 1.65 bits per heavy atom. The molecule has 8 heteroatoms. The number of benzene rings is 3. The van der Waals surface area contributed by atoms with Gasteiger partial charge in [-0.3, -0.25) is 14.8 Å². The Morgan fingerprint density at radius 3 is 2.32 bits per heavy atom. The Labute approximate surface area is 196 Å². The summed E-state index contributed by atoms with van der Waals surface area (Å²) in [5.41, 5.74) is 10.9. The van der Waals surface area contributed by atoms with E-state index in [4.69, 9.17) is 15.2 Å². The molecule has 0 saturated heterocycles. The van der Waals surface area contributed by atoms with Gasteiger partial charge in [-0.15, -0.1) is 0 Å². The number of fused-ring (bicyclic) bond motifs is 1. The number of carbonyl (C=O) groups excluding carboxylic acids is 2. The van der Waals surface area contributed by atoms with Crippen molar-refractivity contribution in [1.29, 1.82) is 0 Å². The highest BCUT2D eigenvalue weighted by Gasteiger charge is 2.23. The zero-order chi connectivity index (χ0) is 24.2. The summed E-state index contributed by atoms with van der Waals surface area (Å²) in [6.07, 6.45) is 0. The Morgan fingerprint density at radius 1 is 0.971 bits per heavy atom. The molecule has 0 aliphatic rings. The molecule has 34 heavy (non-hydrogen) atoms. The Hall–Kier alpha value is -4.30. The van der Waals surface area contributed by atoms with Gasteiger partial charge in [0.05, 0.1) is 19.2 Å². The molecule has 0 unspecified atom stereocenters. The van der Waals surface area contributed by atoms with Crippen LogP contribution in [0, 0.1) is 6.92 Å². The molecule has 0 spiro atoms. The number of nitrogens with two attached hydrogens (primary N) is 1. The number of hydroxylamine groups is 1. The lowest BCUT2D eigenvalue weighted by molar-refractivity contribution is 0.0707. The number of methoxy groups -OCH3 is 1. The van der Waals surface area contributed by atoms with Crippen LogP contribution in [0.4, 0.5) is 0 Å². The number of amides is 2. The van der Waals surface area contributed by atoms with Crippen LogP contribution in [0.5, 0.6) is 11.5 Å². The molecule has 1 aromatic heterocycles. The number of ether oxygens (including phenoxy) is 2. The van der Waals surface area contributed by atoms with Gasteiger partial charge in [0.1, 0.15) is 18.1 Å². The van der Waals surface area contributed by atoms with Crippen molar-refractivity contribution >= 4 is 22.7 Å². The van der Waals surface area contributed by atoms with E-state index in [1.165, 1.54) is 0 Å². The van der Waals surface area contributed by atoms with Crippen molar-refractivity contribution in [3.8, 4) is 22.6 Å². The topological polar surface area (TPSA) is 116 Å². The first-order valence-corrected chi connectivity index (χ1v) is 10.7. The first kappa shape index (κ1) is 22.9. The molecule has 0 bridgehead atoms. The maximum Gasteiger partial charge on any atom is 0.275 e. The molecule has 4 aromatic rings.